The highest BCUT2D eigenvalue weighted by Gasteiger charge is 2.20. The number of hydrogen-bond donors (Lipinski definition) is 1. The summed E-state index contributed by atoms with van der Waals surface area (Å²) in [6.45, 7) is 1.87. The van der Waals surface area contributed by atoms with Crippen LogP contribution in [0, 0.1) is 17.0 Å². The minimum absolute atomic E-state index is 0.0850. The predicted octanol–water partition coefficient (Wildman–Crippen LogP) is 2.66. The fourth-order valence-corrected chi connectivity index (χ4v) is 3.30. The summed E-state index contributed by atoms with van der Waals surface area (Å²) in [6, 6.07) is 9.16. The molecule has 0 aliphatic heterocycles. The average Bonchev–Trinajstić information content (AvgIpc) is 3.05. The number of anilines is 1. The molecule has 0 fully saturated rings. The summed E-state index contributed by atoms with van der Waals surface area (Å²) in [5.41, 5.74) is 1.61. The van der Waals surface area contributed by atoms with Crippen LogP contribution in [-0.2, 0) is 7.05 Å². The Morgan fingerprint density at radius 3 is 2.70 bits per heavy atom. The lowest BCUT2D eigenvalue weighted by atomic mass is 10.2. The number of fused-ring (bicyclic) bond motifs is 2. The molecule has 30 heavy (non-hydrogen) atoms. The molecule has 1 amide bonds. The molecule has 0 spiro atoms. The smallest absolute Gasteiger partial charge is 0.312 e. The third kappa shape index (κ3) is 3.04. The van der Waals surface area contributed by atoms with Crippen molar-refractivity contribution in [2.45, 2.75) is 6.92 Å². The van der Waals surface area contributed by atoms with Crippen molar-refractivity contribution in [2.24, 2.45) is 7.05 Å². The van der Waals surface area contributed by atoms with E-state index < -0.39 is 10.8 Å². The molecule has 0 bridgehead atoms. The van der Waals surface area contributed by atoms with Crippen molar-refractivity contribution < 1.29 is 14.5 Å². The summed E-state index contributed by atoms with van der Waals surface area (Å²) in [7, 11) is 2.96. The fourth-order valence-electron chi connectivity index (χ4n) is 3.30. The summed E-state index contributed by atoms with van der Waals surface area (Å²) >= 11 is 0. The van der Waals surface area contributed by atoms with E-state index in [-0.39, 0.29) is 28.4 Å². The summed E-state index contributed by atoms with van der Waals surface area (Å²) in [5, 5.41) is 14.1. The number of pyridine rings is 1. The first-order valence-corrected chi connectivity index (χ1v) is 8.92. The van der Waals surface area contributed by atoms with Crippen molar-refractivity contribution in [3.63, 3.8) is 0 Å². The lowest BCUT2D eigenvalue weighted by Gasteiger charge is -2.08. The van der Waals surface area contributed by atoms with Gasteiger partial charge in [0, 0.05) is 25.0 Å². The number of carbonyl (C=O) groups excluding carboxylic acids is 1. The third-order valence-electron chi connectivity index (χ3n) is 4.81. The van der Waals surface area contributed by atoms with Gasteiger partial charge in [-0.3, -0.25) is 24.1 Å². The molecule has 4 rings (SSSR count). The number of hydrogen-bond acceptors (Lipinski definition) is 6. The monoisotopic (exact) mass is 407 g/mol. The molecule has 1 aromatic carbocycles. The van der Waals surface area contributed by atoms with E-state index in [1.165, 1.54) is 40.3 Å². The Morgan fingerprint density at radius 1 is 1.23 bits per heavy atom. The minimum Gasteiger partial charge on any atom is -0.490 e. The summed E-state index contributed by atoms with van der Waals surface area (Å²) < 4.78 is 7.92. The number of amides is 1. The fraction of sp³-hybridized carbons (Fsp3) is 0.150. The summed E-state index contributed by atoms with van der Waals surface area (Å²) in [4.78, 5) is 40.8. The molecule has 152 valence electrons. The van der Waals surface area contributed by atoms with Gasteiger partial charge in [-0.2, -0.15) is 0 Å². The first kappa shape index (κ1) is 19.1. The standard InChI is InChI=1S/C20H17N5O5/c1-11-4-7-17-22-18-13(20(27)24(17)10-11)9-15(23(18)2)19(26)21-12-5-6-16(30-3)14(8-12)25(28)29/h4-10H,1-3H3,(H,21,26). The molecule has 3 aromatic heterocycles. The normalized spacial score (nSPS) is 11.0. The molecular weight excluding hydrogens is 390 g/mol. The highest BCUT2D eigenvalue weighted by Crippen LogP contribution is 2.30. The average molecular weight is 407 g/mol. The van der Waals surface area contributed by atoms with Gasteiger partial charge in [0.05, 0.1) is 17.4 Å². The number of rotatable bonds is 4. The summed E-state index contributed by atoms with van der Waals surface area (Å²) in [5.74, 6) is -0.443. The molecule has 0 saturated heterocycles. The second-order valence-corrected chi connectivity index (χ2v) is 6.78. The van der Waals surface area contributed by atoms with Gasteiger partial charge >= 0.3 is 5.69 Å². The van der Waals surface area contributed by atoms with Crippen molar-refractivity contribution in [3.8, 4) is 5.75 Å². The zero-order chi connectivity index (χ0) is 21.6. The number of nitro benzene ring substituents is 1. The molecule has 0 aliphatic carbocycles. The van der Waals surface area contributed by atoms with Crippen LogP contribution >= 0.6 is 0 Å². The van der Waals surface area contributed by atoms with Gasteiger partial charge in [0.15, 0.2) is 5.75 Å². The maximum atomic E-state index is 12.9. The van der Waals surface area contributed by atoms with Crippen molar-refractivity contribution in [2.75, 3.05) is 12.4 Å². The Balaban J connectivity index is 1.77. The maximum absolute atomic E-state index is 12.9. The van der Waals surface area contributed by atoms with Gasteiger partial charge in [-0.25, -0.2) is 4.98 Å². The number of nitrogens with zero attached hydrogens (tertiary/aromatic N) is 4. The van der Waals surface area contributed by atoms with Gasteiger partial charge in [0.2, 0.25) is 0 Å². The molecule has 10 heteroatoms. The number of nitro groups is 1. The van der Waals surface area contributed by atoms with Crippen LogP contribution in [0.25, 0.3) is 16.7 Å². The van der Waals surface area contributed by atoms with Gasteiger partial charge in [0.1, 0.15) is 17.0 Å². The van der Waals surface area contributed by atoms with Crippen LogP contribution in [0.4, 0.5) is 11.4 Å². The second kappa shape index (κ2) is 6.99. The molecule has 0 saturated carbocycles. The highest BCUT2D eigenvalue weighted by atomic mass is 16.6. The van der Waals surface area contributed by atoms with Crippen LogP contribution in [0.1, 0.15) is 16.1 Å². The van der Waals surface area contributed by atoms with E-state index in [1.807, 2.05) is 13.0 Å². The van der Waals surface area contributed by atoms with E-state index in [0.29, 0.717) is 16.7 Å². The Bertz CT molecular complexity index is 1400. The topological polar surface area (TPSA) is 121 Å². The Hall–Kier alpha value is -4.21. The zero-order valence-corrected chi connectivity index (χ0v) is 16.4. The number of carbonyl (C=O) groups is 1. The Kier molecular flexibility index (Phi) is 4.46. The van der Waals surface area contributed by atoms with E-state index in [1.54, 1.807) is 19.3 Å². The first-order chi connectivity index (χ1) is 14.3. The predicted molar refractivity (Wildman–Crippen MR) is 110 cm³/mol. The van der Waals surface area contributed by atoms with E-state index in [9.17, 15) is 19.7 Å². The SMILES string of the molecule is COc1ccc(NC(=O)c2cc3c(=O)n4cc(C)ccc4nc3n2C)cc1[N+](=O)[O-]. The van der Waals surface area contributed by atoms with Gasteiger partial charge in [-0.15, -0.1) is 0 Å². The lowest BCUT2D eigenvalue weighted by molar-refractivity contribution is -0.385. The first-order valence-electron chi connectivity index (χ1n) is 8.92. The van der Waals surface area contributed by atoms with Crippen molar-refractivity contribution in [1.29, 1.82) is 0 Å². The Labute approximate surface area is 169 Å². The molecule has 0 unspecified atom stereocenters. The van der Waals surface area contributed by atoms with Gasteiger partial charge in [-0.05, 0) is 36.8 Å². The largest absolute Gasteiger partial charge is 0.490 e. The molecule has 4 aromatic rings. The van der Waals surface area contributed by atoms with Crippen LogP contribution < -0.4 is 15.6 Å². The summed E-state index contributed by atoms with van der Waals surface area (Å²) in [6.07, 6.45) is 1.69. The molecule has 3 heterocycles. The van der Waals surface area contributed by atoms with E-state index in [0.717, 1.165) is 5.56 Å². The Morgan fingerprint density at radius 2 is 2.00 bits per heavy atom. The van der Waals surface area contributed by atoms with Crippen molar-refractivity contribution in [3.05, 3.63) is 74.3 Å². The minimum atomic E-state index is -0.594. The number of aryl methyl sites for hydroxylation is 2. The van der Waals surface area contributed by atoms with Crippen LogP contribution in [0.3, 0.4) is 0 Å². The van der Waals surface area contributed by atoms with Gasteiger partial charge in [-0.1, -0.05) is 6.07 Å². The number of ether oxygens (including phenoxy) is 1. The quantitative estimate of drug-likeness (QED) is 0.410. The molecule has 1 N–H and O–H groups in total. The molecule has 0 radical (unpaired) electrons. The highest BCUT2D eigenvalue weighted by molar-refractivity contribution is 6.06. The maximum Gasteiger partial charge on any atom is 0.312 e. The van der Waals surface area contributed by atoms with E-state index >= 15 is 0 Å². The van der Waals surface area contributed by atoms with Crippen molar-refractivity contribution >= 4 is 34.0 Å². The number of methoxy groups -OCH3 is 1. The molecule has 0 aliphatic rings. The molecule has 10 nitrogen and oxygen atoms in total. The number of nitrogens with one attached hydrogen (secondary N) is 1. The van der Waals surface area contributed by atoms with E-state index in [2.05, 4.69) is 10.3 Å². The molecular formula is C20H17N5O5. The second-order valence-electron chi connectivity index (χ2n) is 6.78. The van der Waals surface area contributed by atoms with Crippen LogP contribution in [0.2, 0.25) is 0 Å². The van der Waals surface area contributed by atoms with Crippen LogP contribution in [0.15, 0.2) is 47.4 Å². The lowest BCUT2D eigenvalue weighted by Crippen LogP contribution is -2.16. The molecule has 0 atom stereocenters. The van der Waals surface area contributed by atoms with E-state index in [4.69, 9.17) is 4.74 Å². The van der Waals surface area contributed by atoms with Crippen molar-refractivity contribution in [1.82, 2.24) is 14.0 Å². The number of benzene rings is 1. The number of aromatic nitrogens is 3. The zero-order valence-electron chi connectivity index (χ0n) is 16.4. The van der Waals surface area contributed by atoms with Crippen LogP contribution in [0.5, 0.6) is 5.75 Å². The van der Waals surface area contributed by atoms with Gasteiger partial charge < -0.3 is 14.6 Å². The van der Waals surface area contributed by atoms with Crippen LogP contribution in [-0.4, -0.2) is 31.9 Å². The van der Waals surface area contributed by atoms with Gasteiger partial charge in [0.25, 0.3) is 11.5 Å². The third-order valence-corrected chi connectivity index (χ3v) is 4.81.